The first-order valence-corrected chi connectivity index (χ1v) is 9.06. The zero-order valence-corrected chi connectivity index (χ0v) is 15.1. The van der Waals surface area contributed by atoms with Crippen LogP contribution in [0.4, 0.5) is 0 Å². The van der Waals surface area contributed by atoms with Crippen LogP contribution in [0.1, 0.15) is 32.3 Å². The lowest BCUT2D eigenvalue weighted by Crippen LogP contribution is -2.60. The van der Waals surface area contributed by atoms with E-state index in [0.29, 0.717) is 6.61 Å². The number of benzene rings is 1. The maximum Gasteiger partial charge on any atom is 0.338 e. The van der Waals surface area contributed by atoms with E-state index < -0.39 is 43.0 Å². The molecule has 2 aliphatic rings. The fraction of sp³-hybridized carbons (Fsp3) is 0.632. The van der Waals surface area contributed by atoms with Crippen molar-refractivity contribution in [1.82, 2.24) is 0 Å². The van der Waals surface area contributed by atoms with Gasteiger partial charge in [-0.15, -0.1) is 0 Å². The lowest BCUT2D eigenvalue weighted by Gasteiger charge is -2.39. The van der Waals surface area contributed by atoms with Crippen molar-refractivity contribution < 1.29 is 33.6 Å². The number of hydrogen-bond donors (Lipinski definition) is 1. The summed E-state index contributed by atoms with van der Waals surface area (Å²) in [6.45, 7) is 4.36. The van der Waals surface area contributed by atoms with Gasteiger partial charge in [0.15, 0.2) is 18.7 Å². The Hall–Kier alpha value is -1.51. The Kier molecular flexibility index (Phi) is 6.61. The summed E-state index contributed by atoms with van der Waals surface area (Å²) < 4.78 is 27.9. The van der Waals surface area contributed by atoms with Crippen LogP contribution in [0.15, 0.2) is 30.3 Å². The largest absolute Gasteiger partial charge is 0.459 e. The van der Waals surface area contributed by atoms with Crippen LogP contribution < -0.4 is 0 Å². The normalized spacial score (nSPS) is 33.7. The third kappa shape index (κ3) is 4.42. The minimum Gasteiger partial charge on any atom is -0.459 e. The van der Waals surface area contributed by atoms with Crippen molar-refractivity contribution >= 4 is 5.97 Å². The van der Waals surface area contributed by atoms with Crippen LogP contribution in [-0.2, 0) is 35.1 Å². The fourth-order valence-corrected chi connectivity index (χ4v) is 3.08. The molecule has 1 aromatic carbocycles. The quantitative estimate of drug-likeness (QED) is 0.581. The minimum absolute atomic E-state index is 0.107. The Labute approximate surface area is 153 Å². The Morgan fingerprint density at radius 1 is 1.19 bits per heavy atom. The van der Waals surface area contributed by atoms with Crippen molar-refractivity contribution in [3.8, 4) is 0 Å². The molecule has 2 aliphatic heterocycles. The summed E-state index contributed by atoms with van der Waals surface area (Å²) >= 11 is 0. The van der Waals surface area contributed by atoms with E-state index in [1.54, 1.807) is 6.92 Å². The third-order valence-corrected chi connectivity index (χ3v) is 4.46. The molecule has 0 aliphatic carbocycles. The average molecular weight is 366 g/mol. The molecule has 0 amide bonds. The molecule has 0 saturated carbocycles. The van der Waals surface area contributed by atoms with Crippen molar-refractivity contribution in [2.45, 2.75) is 70.3 Å². The molecular formula is C19H26O7. The van der Waals surface area contributed by atoms with Crippen LogP contribution in [0.5, 0.6) is 0 Å². The van der Waals surface area contributed by atoms with Gasteiger partial charge in [0.25, 0.3) is 0 Å². The Balaban J connectivity index is 1.64. The minimum atomic E-state index is -1.19. The highest BCUT2D eigenvalue weighted by molar-refractivity contribution is 5.75. The molecule has 1 N–H and O–H groups in total. The van der Waals surface area contributed by atoms with Crippen molar-refractivity contribution in [3.05, 3.63) is 35.9 Å². The van der Waals surface area contributed by atoms with Gasteiger partial charge in [0.05, 0.1) is 0 Å². The van der Waals surface area contributed by atoms with Crippen LogP contribution in [0.3, 0.4) is 0 Å². The number of hydrogen-bond acceptors (Lipinski definition) is 7. The highest BCUT2D eigenvalue weighted by Crippen LogP contribution is 2.33. The van der Waals surface area contributed by atoms with E-state index in [2.05, 4.69) is 0 Å². The van der Waals surface area contributed by atoms with Crippen molar-refractivity contribution in [2.24, 2.45) is 0 Å². The number of rotatable bonds is 7. The second-order valence-corrected chi connectivity index (χ2v) is 6.50. The van der Waals surface area contributed by atoms with Crippen molar-refractivity contribution in [3.63, 3.8) is 0 Å². The summed E-state index contributed by atoms with van der Waals surface area (Å²) in [6.07, 6.45) is -3.10. The van der Waals surface area contributed by atoms with Crippen LogP contribution in [0.25, 0.3) is 0 Å². The van der Waals surface area contributed by atoms with Crippen molar-refractivity contribution in [2.75, 3.05) is 6.61 Å². The van der Waals surface area contributed by atoms with Crippen LogP contribution in [-0.4, -0.2) is 54.7 Å². The van der Waals surface area contributed by atoms with Crippen molar-refractivity contribution in [1.29, 1.82) is 0 Å². The summed E-state index contributed by atoms with van der Waals surface area (Å²) in [5, 5.41) is 10.6. The lowest BCUT2D eigenvalue weighted by atomic mass is 9.98. The molecule has 7 nitrogen and oxygen atoms in total. The summed E-state index contributed by atoms with van der Waals surface area (Å²) in [6, 6.07) is 9.32. The lowest BCUT2D eigenvalue weighted by molar-refractivity contribution is -0.258. The topological polar surface area (TPSA) is 83.5 Å². The maximum atomic E-state index is 12.5. The molecular weight excluding hydrogens is 340 g/mol. The Morgan fingerprint density at radius 3 is 2.69 bits per heavy atom. The molecule has 2 fully saturated rings. The van der Waals surface area contributed by atoms with E-state index in [1.165, 1.54) is 0 Å². The molecule has 0 radical (unpaired) electrons. The molecule has 144 valence electrons. The number of aliphatic hydroxyl groups excluding tert-OH is 1. The first-order valence-electron chi connectivity index (χ1n) is 9.06. The number of fused-ring (bicyclic) bond motifs is 1. The van der Waals surface area contributed by atoms with E-state index in [9.17, 15) is 9.90 Å². The molecule has 1 aromatic rings. The number of esters is 1. The predicted molar refractivity (Wildman–Crippen MR) is 91.0 cm³/mol. The fourth-order valence-electron chi connectivity index (χ4n) is 3.08. The molecule has 7 heteroatoms. The first kappa shape index (κ1) is 19.3. The van der Waals surface area contributed by atoms with Crippen LogP contribution in [0.2, 0.25) is 0 Å². The van der Waals surface area contributed by atoms with Gasteiger partial charge in [0.1, 0.15) is 24.9 Å². The first-order chi connectivity index (χ1) is 12.6. The highest BCUT2D eigenvalue weighted by atomic mass is 16.8. The van der Waals surface area contributed by atoms with Gasteiger partial charge in [-0.2, -0.15) is 0 Å². The van der Waals surface area contributed by atoms with E-state index >= 15 is 0 Å². The Morgan fingerprint density at radius 2 is 1.96 bits per heavy atom. The molecule has 2 heterocycles. The van der Waals surface area contributed by atoms with Crippen LogP contribution >= 0.6 is 0 Å². The maximum absolute atomic E-state index is 12.5. The molecule has 3 rings (SSSR count). The number of aliphatic hydroxyl groups is 1. The SMILES string of the molecule is CCCCO[C@@H]1C2OC(C)O[C@H]2OC(C(=O)OCc2ccccc2)[C@H]1O. The van der Waals surface area contributed by atoms with Gasteiger partial charge in [0.2, 0.25) is 0 Å². The van der Waals surface area contributed by atoms with E-state index in [-0.39, 0.29) is 6.61 Å². The van der Waals surface area contributed by atoms with Gasteiger partial charge in [-0.3, -0.25) is 0 Å². The van der Waals surface area contributed by atoms with Gasteiger partial charge in [-0.05, 0) is 18.9 Å². The standard InChI is InChI=1S/C19H26O7/c1-3-4-10-22-15-14(20)16(26-19-17(15)24-12(2)25-19)18(21)23-11-13-8-6-5-7-9-13/h5-9,12,14-17,19-20H,3-4,10-11H2,1-2H3/t12?,14-,15-,16?,17?,19-/m0/s1. The summed E-state index contributed by atoms with van der Waals surface area (Å²) in [7, 11) is 0. The van der Waals surface area contributed by atoms with Gasteiger partial charge < -0.3 is 28.8 Å². The summed E-state index contributed by atoms with van der Waals surface area (Å²) in [5.74, 6) is -0.646. The van der Waals surface area contributed by atoms with Gasteiger partial charge in [-0.1, -0.05) is 43.7 Å². The number of unbranched alkanes of at least 4 members (excludes halogenated alkanes) is 1. The summed E-state index contributed by atoms with van der Waals surface area (Å²) in [5.41, 5.74) is 0.855. The molecule has 26 heavy (non-hydrogen) atoms. The van der Waals surface area contributed by atoms with Gasteiger partial charge in [0, 0.05) is 6.61 Å². The number of ether oxygens (including phenoxy) is 5. The monoisotopic (exact) mass is 366 g/mol. The molecule has 6 atom stereocenters. The Bertz CT molecular complexity index is 579. The number of carbonyl (C=O) groups excluding carboxylic acids is 1. The average Bonchev–Trinajstić information content (AvgIpc) is 3.02. The molecule has 3 unspecified atom stereocenters. The van der Waals surface area contributed by atoms with E-state index in [1.807, 2.05) is 37.3 Å². The second kappa shape index (κ2) is 8.92. The number of carbonyl (C=O) groups is 1. The zero-order valence-electron chi connectivity index (χ0n) is 15.1. The third-order valence-electron chi connectivity index (χ3n) is 4.46. The van der Waals surface area contributed by atoms with Gasteiger partial charge >= 0.3 is 5.97 Å². The smallest absolute Gasteiger partial charge is 0.338 e. The van der Waals surface area contributed by atoms with E-state index in [4.69, 9.17) is 23.7 Å². The molecule has 2 saturated heterocycles. The zero-order chi connectivity index (χ0) is 18.5. The van der Waals surface area contributed by atoms with E-state index in [0.717, 1.165) is 18.4 Å². The van der Waals surface area contributed by atoms with Gasteiger partial charge in [-0.25, -0.2) is 4.79 Å². The molecule has 0 bridgehead atoms. The second-order valence-electron chi connectivity index (χ2n) is 6.50. The molecule has 0 spiro atoms. The molecule has 0 aromatic heterocycles. The summed E-state index contributed by atoms with van der Waals surface area (Å²) in [4.78, 5) is 12.5. The predicted octanol–water partition coefficient (Wildman–Crippen LogP) is 1.76. The highest BCUT2D eigenvalue weighted by Gasteiger charge is 2.54. The van der Waals surface area contributed by atoms with Crippen LogP contribution in [0, 0.1) is 0 Å².